The van der Waals surface area contributed by atoms with E-state index in [9.17, 15) is 0 Å². The molecule has 0 aliphatic carbocycles. The van der Waals surface area contributed by atoms with E-state index in [1.807, 2.05) is 48.5 Å². The molecule has 0 unspecified atom stereocenters. The zero-order chi connectivity index (χ0) is 15.9. The lowest BCUT2D eigenvalue weighted by Gasteiger charge is -2.00. The minimum atomic E-state index is 0.710. The molecule has 5 aromatic rings. The second kappa shape index (κ2) is 4.99. The van der Waals surface area contributed by atoms with Crippen LogP contribution >= 0.6 is 0 Å². The Kier molecular flexibility index (Phi) is 2.69. The first-order valence-corrected chi connectivity index (χ1v) is 7.59. The molecule has 1 aromatic carbocycles. The molecular formula is C18H12N6. The molecule has 0 aliphatic rings. The summed E-state index contributed by atoms with van der Waals surface area (Å²) >= 11 is 0. The molecule has 4 aromatic heterocycles. The van der Waals surface area contributed by atoms with Crippen LogP contribution in [-0.2, 0) is 0 Å². The van der Waals surface area contributed by atoms with Crippen LogP contribution in [0.3, 0.4) is 0 Å². The van der Waals surface area contributed by atoms with Gasteiger partial charge in [0.15, 0.2) is 11.5 Å². The van der Waals surface area contributed by atoms with E-state index in [-0.39, 0.29) is 0 Å². The highest BCUT2D eigenvalue weighted by Gasteiger charge is 2.14. The number of pyridine rings is 2. The molecule has 0 saturated carbocycles. The Hall–Kier alpha value is -3.54. The maximum absolute atomic E-state index is 4.77. The molecule has 6 heteroatoms. The number of H-pyrrole nitrogens is 2. The predicted molar refractivity (Wildman–Crippen MR) is 92.2 cm³/mol. The summed E-state index contributed by atoms with van der Waals surface area (Å²) in [6.07, 6.45) is 3.52. The summed E-state index contributed by atoms with van der Waals surface area (Å²) in [4.78, 5) is 16.7. The summed E-state index contributed by atoms with van der Waals surface area (Å²) < 4.78 is 0. The fourth-order valence-electron chi connectivity index (χ4n) is 2.81. The number of nitrogens with zero attached hydrogens (tertiary/aromatic N) is 4. The van der Waals surface area contributed by atoms with Gasteiger partial charge >= 0.3 is 0 Å². The Morgan fingerprint density at radius 1 is 0.792 bits per heavy atom. The van der Waals surface area contributed by atoms with Crippen LogP contribution in [0.25, 0.3) is 44.8 Å². The van der Waals surface area contributed by atoms with E-state index in [4.69, 9.17) is 4.98 Å². The molecular weight excluding hydrogens is 300 g/mol. The lowest BCUT2D eigenvalue weighted by Crippen LogP contribution is -1.87. The second-order valence-corrected chi connectivity index (χ2v) is 5.50. The number of para-hydroxylation sites is 2. The van der Waals surface area contributed by atoms with Gasteiger partial charge in [-0.15, -0.1) is 0 Å². The molecule has 0 radical (unpaired) electrons. The van der Waals surface area contributed by atoms with Gasteiger partial charge in [-0.25, -0.2) is 9.97 Å². The van der Waals surface area contributed by atoms with E-state index in [1.165, 1.54) is 0 Å². The molecule has 6 nitrogen and oxygen atoms in total. The molecule has 0 amide bonds. The maximum atomic E-state index is 4.77. The Labute approximate surface area is 136 Å². The van der Waals surface area contributed by atoms with Gasteiger partial charge in [0.05, 0.1) is 22.2 Å². The van der Waals surface area contributed by atoms with Crippen molar-refractivity contribution >= 4 is 22.1 Å². The fraction of sp³-hybridized carbons (Fsp3) is 0. The molecule has 114 valence electrons. The van der Waals surface area contributed by atoms with Gasteiger partial charge in [-0.2, -0.15) is 5.10 Å². The first-order chi connectivity index (χ1) is 11.9. The Morgan fingerprint density at radius 3 is 2.54 bits per heavy atom. The third kappa shape index (κ3) is 1.97. The van der Waals surface area contributed by atoms with Crippen molar-refractivity contribution in [2.45, 2.75) is 0 Å². The first kappa shape index (κ1) is 13.0. The zero-order valence-corrected chi connectivity index (χ0v) is 12.6. The Morgan fingerprint density at radius 2 is 1.67 bits per heavy atom. The van der Waals surface area contributed by atoms with Gasteiger partial charge < -0.3 is 4.98 Å². The molecule has 5 rings (SSSR count). The van der Waals surface area contributed by atoms with Crippen LogP contribution in [-0.4, -0.2) is 30.1 Å². The lowest BCUT2D eigenvalue weighted by molar-refractivity contribution is 1.10. The number of imidazole rings is 1. The summed E-state index contributed by atoms with van der Waals surface area (Å²) in [5, 5.41) is 7.43. The number of aromatic amines is 2. The quantitative estimate of drug-likeness (QED) is 0.522. The molecule has 0 fully saturated rings. The maximum Gasteiger partial charge on any atom is 0.161 e. The fourth-order valence-corrected chi connectivity index (χ4v) is 2.81. The van der Waals surface area contributed by atoms with Crippen LogP contribution in [0.5, 0.6) is 0 Å². The number of aromatic nitrogens is 6. The number of nitrogens with one attached hydrogen (secondary N) is 2. The standard InChI is InChI=1S/C18H12N6/c1-2-4-14-13(3-1)21-18(22-14)17-16-15(23-24-17)6-5-12(20-16)11-7-9-19-10-8-11/h1-10H,(H,21,22)(H,23,24). The van der Waals surface area contributed by atoms with E-state index in [2.05, 4.69) is 25.1 Å². The van der Waals surface area contributed by atoms with Crippen molar-refractivity contribution in [2.24, 2.45) is 0 Å². The average molecular weight is 312 g/mol. The third-order valence-electron chi connectivity index (χ3n) is 4.00. The van der Waals surface area contributed by atoms with Gasteiger partial charge in [-0.1, -0.05) is 12.1 Å². The van der Waals surface area contributed by atoms with Crippen LogP contribution < -0.4 is 0 Å². The topological polar surface area (TPSA) is 83.1 Å². The van der Waals surface area contributed by atoms with Crippen molar-refractivity contribution < 1.29 is 0 Å². The van der Waals surface area contributed by atoms with Gasteiger partial charge in [-0.05, 0) is 36.4 Å². The normalized spacial score (nSPS) is 11.3. The SMILES string of the molecule is c1ccc2[nH]c(-c3n[nH]c4ccc(-c5ccncc5)nc34)nc2c1. The van der Waals surface area contributed by atoms with Crippen molar-refractivity contribution in [3.63, 3.8) is 0 Å². The van der Waals surface area contributed by atoms with E-state index < -0.39 is 0 Å². The Bertz CT molecular complexity index is 1120. The third-order valence-corrected chi connectivity index (χ3v) is 4.00. The van der Waals surface area contributed by atoms with E-state index in [1.54, 1.807) is 12.4 Å². The first-order valence-electron chi connectivity index (χ1n) is 7.59. The van der Waals surface area contributed by atoms with Crippen LogP contribution in [0.4, 0.5) is 0 Å². The lowest BCUT2D eigenvalue weighted by atomic mass is 10.1. The second-order valence-electron chi connectivity index (χ2n) is 5.50. The molecule has 0 atom stereocenters. The highest BCUT2D eigenvalue weighted by Crippen LogP contribution is 2.27. The predicted octanol–water partition coefficient (Wildman–Crippen LogP) is 3.56. The summed E-state index contributed by atoms with van der Waals surface area (Å²) in [7, 11) is 0. The van der Waals surface area contributed by atoms with E-state index in [0.717, 1.165) is 39.0 Å². The van der Waals surface area contributed by atoms with Crippen LogP contribution in [0, 0.1) is 0 Å². The smallest absolute Gasteiger partial charge is 0.161 e. The van der Waals surface area contributed by atoms with Crippen molar-refractivity contribution in [2.75, 3.05) is 0 Å². The van der Waals surface area contributed by atoms with Crippen molar-refractivity contribution in [1.29, 1.82) is 0 Å². The molecule has 4 heterocycles. The Balaban J connectivity index is 1.71. The molecule has 0 aliphatic heterocycles. The van der Waals surface area contributed by atoms with E-state index in [0.29, 0.717) is 5.82 Å². The van der Waals surface area contributed by atoms with Gasteiger partial charge in [0, 0.05) is 18.0 Å². The number of hydrogen-bond donors (Lipinski definition) is 2. The van der Waals surface area contributed by atoms with Gasteiger partial charge in [-0.3, -0.25) is 10.1 Å². The van der Waals surface area contributed by atoms with Gasteiger partial charge in [0.25, 0.3) is 0 Å². The molecule has 0 saturated heterocycles. The molecule has 2 N–H and O–H groups in total. The number of hydrogen-bond acceptors (Lipinski definition) is 4. The number of fused-ring (bicyclic) bond motifs is 2. The highest BCUT2D eigenvalue weighted by atomic mass is 15.1. The molecule has 24 heavy (non-hydrogen) atoms. The summed E-state index contributed by atoms with van der Waals surface area (Å²) in [5.74, 6) is 0.710. The van der Waals surface area contributed by atoms with Crippen molar-refractivity contribution in [3.05, 3.63) is 60.9 Å². The zero-order valence-electron chi connectivity index (χ0n) is 12.6. The average Bonchev–Trinajstić information content (AvgIpc) is 3.25. The monoisotopic (exact) mass is 312 g/mol. The highest BCUT2D eigenvalue weighted by molar-refractivity contribution is 5.91. The number of rotatable bonds is 2. The van der Waals surface area contributed by atoms with Crippen molar-refractivity contribution in [3.8, 4) is 22.8 Å². The van der Waals surface area contributed by atoms with E-state index >= 15 is 0 Å². The van der Waals surface area contributed by atoms with Gasteiger partial charge in [0.2, 0.25) is 0 Å². The minimum Gasteiger partial charge on any atom is -0.337 e. The van der Waals surface area contributed by atoms with Crippen LogP contribution in [0.1, 0.15) is 0 Å². The number of benzene rings is 1. The van der Waals surface area contributed by atoms with Crippen LogP contribution in [0.2, 0.25) is 0 Å². The summed E-state index contributed by atoms with van der Waals surface area (Å²) in [6, 6.07) is 15.7. The van der Waals surface area contributed by atoms with Gasteiger partial charge in [0.1, 0.15) is 5.52 Å². The largest absolute Gasteiger partial charge is 0.337 e. The molecule has 0 spiro atoms. The molecule has 0 bridgehead atoms. The van der Waals surface area contributed by atoms with Crippen molar-refractivity contribution in [1.82, 2.24) is 30.1 Å². The summed E-state index contributed by atoms with van der Waals surface area (Å²) in [5.41, 5.74) is 6.18. The van der Waals surface area contributed by atoms with Crippen LogP contribution in [0.15, 0.2) is 60.9 Å². The minimum absolute atomic E-state index is 0.710. The summed E-state index contributed by atoms with van der Waals surface area (Å²) in [6.45, 7) is 0.